The highest BCUT2D eigenvalue weighted by Gasteiger charge is 2.47. The Hall–Kier alpha value is -2.57. The Morgan fingerprint density at radius 3 is 2.69 bits per heavy atom. The fourth-order valence-corrected chi connectivity index (χ4v) is 3.98. The molecule has 1 aliphatic carbocycles. The van der Waals surface area contributed by atoms with Crippen LogP contribution < -0.4 is 5.32 Å². The molecule has 1 N–H and O–H groups in total. The number of nitrogens with zero attached hydrogens (tertiary/aromatic N) is 4. The summed E-state index contributed by atoms with van der Waals surface area (Å²) in [6, 6.07) is 3.97. The molecule has 2 fully saturated rings. The second kappa shape index (κ2) is 6.63. The Bertz CT molecular complexity index is 820. The molecule has 2 atom stereocenters. The molecule has 2 unspecified atom stereocenters. The van der Waals surface area contributed by atoms with Crippen molar-refractivity contribution in [2.45, 2.75) is 44.3 Å². The van der Waals surface area contributed by atoms with Crippen molar-refractivity contribution in [1.82, 2.24) is 24.6 Å². The Balaban J connectivity index is 1.57. The minimum absolute atomic E-state index is 0.0122. The van der Waals surface area contributed by atoms with E-state index < -0.39 is 0 Å². The summed E-state index contributed by atoms with van der Waals surface area (Å²) < 4.78 is 3.75. The summed E-state index contributed by atoms with van der Waals surface area (Å²) in [4.78, 5) is 27.6. The van der Waals surface area contributed by atoms with Crippen LogP contribution in [0.3, 0.4) is 0 Å². The van der Waals surface area contributed by atoms with E-state index in [1.165, 1.54) is 0 Å². The van der Waals surface area contributed by atoms with Crippen LogP contribution in [0.1, 0.15) is 43.0 Å². The van der Waals surface area contributed by atoms with Gasteiger partial charge in [0.1, 0.15) is 0 Å². The summed E-state index contributed by atoms with van der Waals surface area (Å²) in [5.41, 5.74) is 2.01. The normalized spacial score (nSPS) is 23.3. The van der Waals surface area contributed by atoms with Crippen molar-refractivity contribution in [2.24, 2.45) is 20.0 Å². The minimum Gasteiger partial charge on any atom is -0.357 e. The number of hydrogen-bond donors (Lipinski definition) is 1. The van der Waals surface area contributed by atoms with Crippen LogP contribution in [0, 0.1) is 5.92 Å². The molecule has 1 saturated heterocycles. The summed E-state index contributed by atoms with van der Waals surface area (Å²) in [5, 5.41) is 7.33. The van der Waals surface area contributed by atoms with Crippen molar-refractivity contribution < 1.29 is 9.59 Å². The van der Waals surface area contributed by atoms with Crippen LogP contribution in [0.25, 0.3) is 0 Å². The first-order valence-corrected chi connectivity index (χ1v) is 9.22. The fraction of sp³-hybridized carbons (Fsp3) is 0.526. The molecular weight excluding hydrogens is 330 g/mol. The van der Waals surface area contributed by atoms with Gasteiger partial charge >= 0.3 is 0 Å². The van der Waals surface area contributed by atoms with Crippen LogP contribution in [0.4, 0.5) is 0 Å². The van der Waals surface area contributed by atoms with Gasteiger partial charge in [0.2, 0.25) is 11.8 Å². The van der Waals surface area contributed by atoms with Crippen LogP contribution in [0.2, 0.25) is 0 Å². The lowest BCUT2D eigenvalue weighted by Gasteiger charge is -2.40. The van der Waals surface area contributed by atoms with Gasteiger partial charge in [0.25, 0.3) is 0 Å². The van der Waals surface area contributed by atoms with Crippen molar-refractivity contribution in [3.05, 3.63) is 42.0 Å². The van der Waals surface area contributed by atoms with Gasteiger partial charge in [0.15, 0.2) is 0 Å². The molecule has 26 heavy (non-hydrogen) atoms. The van der Waals surface area contributed by atoms with E-state index in [0.717, 1.165) is 24.1 Å². The Kier molecular flexibility index (Phi) is 4.30. The number of amides is 2. The maximum atomic E-state index is 13.0. The zero-order valence-electron chi connectivity index (χ0n) is 15.3. The number of rotatable bonds is 5. The van der Waals surface area contributed by atoms with Crippen LogP contribution in [-0.4, -0.2) is 37.1 Å². The van der Waals surface area contributed by atoms with E-state index in [4.69, 9.17) is 0 Å². The molecule has 2 aliphatic rings. The van der Waals surface area contributed by atoms with E-state index in [-0.39, 0.29) is 29.8 Å². The smallest absolute Gasteiger partial charge is 0.225 e. The minimum atomic E-state index is -0.243. The van der Waals surface area contributed by atoms with Gasteiger partial charge in [0, 0.05) is 51.7 Å². The van der Waals surface area contributed by atoms with Gasteiger partial charge in [-0.2, -0.15) is 5.10 Å². The maximum absolute atomic E-state index is 13.0. The monoisotopic (exact) mass is 355 g/mol. The van der Waals surface area contributed by atoms with Crippen LogP contribution in [-0.2, 0) is 30.2 Å². The second-order valence-electron chi connectivity index (χ2n) is 7.40. The first-order chi connectivity index (χ1) is 12.5. The lowest BCUT2D eigenvalue weighted by molar-refractivity contribution is -0.144. The van der Waals surface area contributed by atoms with Gasteiger partial charge in [-0.05, 0) is 37.0 Å². The first-order valence-electron chi connectivity index (χ1n) is 9.22. The van der Waals surface area contributed by atoms with Crippen molar-refractivity contribution >= 4 is 11.8 Å². The zero-order valence-corrected chi connectivity index (χ0v) is 15.3. The number of piperidine rings is 1. The summed E-state index contributed by atoms with van der Waals surface area (Å²) in [7, 11) is 3.84. The third-order valence-corrected chi connectivity index (χ3v) is 5.44. The number of carbonyl (C=O) groups is 2. The highest BCUT2D eigenvalue weighted by atomic mass is 16.2. The van der Waals surface area contributed by atoms with E-state index in [1.807, 2.05) is 48.1 Å². The SMILES string of the molecule is Cn1ccc(CNC(=O)C2CCC(=O)N(C3CC3)C2c2ccnn2C)c1. The number of hydrogen-bond acceptors (Lipinski definition) is 3. The van der Waals surface area contributed by atoms with E-state index in [2.05, 4.69) is 10.4 Å². The Labute approximate surface area is 153 Å². The summed E-state index contributed by atoms with van der Waals surface area (Å²) >= 11 is 0. The number of aromatic nitrogens is 3. The number of carbonyl (C=O) groups excluding carboxylic acids is 2. The molecular formula is C19H25N5O2. The lowest BCUT2D eigenvalue weighted by atomic mass is 9.85. The van der Waals surface area contributed by atoms with E-state index >= 15 is 0 Å². The molecule has 1 saturated carbocycles. The molecule has 4 rings (SSSR count). The molecule has 7 heteroatoms. The highest BCUT2D eigenvalue weighted by Crippen LogP contribution is 2.43. The second-order valence-corrected chi connectivity index (χ2v) is 7.40. The van der Waals surface area contributed by atoms with E-state index in [0.29, 0.717) is 19.4 Å². The molecule has 7 nitrogen and oxygen atoms in total. The van der Waals surface area contributed by atoms with Crippen LogP contribution >= 0.6 is 0 Å². The predicted molar refractivity (Wildman–Crippen MR) is 95.8 cm³/mol. The van der Waals surface area contributed by atoms with Gasteiger partial charge in [-0.1, -0.05) is 0 Å². The number of likely N-dealkylation sites (tertiary alicyclic amines) is 1. The predicted octanol–water partition coefficient (Wildman–Crippen LogP) is 1.52. The topological polar surface area (TPSA) is 72.2 Å². The molecule has 2 aromatic heterocycles. The molecule has 0 radical (unpaired) electrons. The molecule has 3 heterocycles. The number of nitrogens with one attached hydrogen (secondary N) is 1. The quantitative estimate of drug-likeness (QED) is 0.884. The molecule has 0 aromatic carbocycles. The Morgan fingerprint density at radius 1 is 1.27 bits per heavy atom. The standard InChI is InChI=1S/C19H25N5O2/c1-22-10-8-13(12-22)11-20-19(26)15-5-6-17(25)24(14-3-4-14)18(15)16-7-9-21-23(16)2/h7-10,12,14-15,18H,3-6,11H2,1-2H3,(H,20,26). The third kappa shape index (κ3) is 3.13. The molecule has 2 amide bonds. The van der Waals surface area contributed by atoms with Crippen molar-refractivity contribution in [2.75, 3.05) is 0 Å². The molecule has 0 spiro atoms. The molecule has 2 aromatic rings. The molecule has 138 valence electrons. The van der Waals surface area contributed by atoms with Gasteiger partial charge in [-0.25, -0.2) is 0 Å². The largest absolute Gasteiger partial charge is 0.357 e. The zero-order chi connectivity index (χ0) is 18.3. The van der Waals surface area contributed by atoms with Gasteiger partial charge in [0.05, 0.1) is 17.7 Å². The van der Waals surface area contributed by atoms with Gasteiger partial charge in [-0.3, -0.25) is 14.3 Å². The van der Waals surface area contributed by atoms with Gasteiger partial charge < -0.3 is 14.8 Å². The Morgan fingerprint density at radius 2 is 2.08 bits per heavy atom. The van der Waals surface area contributed by atoms with Crippen LogP contribution in [0.15, 0.2) is 30.7 Å². The molecule has 0 bridgehead atoms. The van der Waals surface area contributed by atoms with Crippen molar-refractivity contribution in [3.63, 3.8) is 0 Å². The summed E-state index contributed by atoms with van der Waals surface area (Å²) in [6.07, 6.45) is 8.77. The van der Waals surface area contributed by atoms with Gasteiger partial charge in [-0.15, -0.1) is 0 Å². The van der Waals surface area contributed by atoms with E-state index in [9.17, 15) is 9.59 Å². The summed E-state index contributed by atoms with van der Waals surface area (Å²) in [5.74, 6) is -0.0728. The van der Waals surface area contributed by atoms with Crippen molar-refractivity contribution in [1.29, 1.82) is 0 Å². The fourth-order valence-electron chi connectivity index (χ4n) is 3.98. The lowest BCUT2D eigenvalue weighted by Crippen LogP contribution is -2.49. The van der Waals surface area contributed by atoms with Crippen molar-refractivity contribution in [3.8, 4) is 0 Å². The first kappa shape index (κ1) is 16.9. The maximum Gasteiger partial charge on any atom is 0.225 e. The van der Waals surface area contributed by atoms with Crippen LogP contribution in [0.5, 0.6) is 0 Å². The average molecular weight is 355 g/mol. The number of aryl methyl sites for hydroxylation is 2. The van der Waals surface area contributed by atoms with E-state index in [1.54, 1.807) is 10.9 Å². The molecule has 1 aliphatic heterocycles. The third-order valence-electron chi connectivity index (χ3n) is 5.44. The average Bonchev–Trinajstić information content (AvgIpc) is 3.23. The summed E-state index contributed by atoms with van der Waals surface area (Å²) in [6.45, 7) is 0.506. The highest BCUT2D eigenvalue weighted by molar-refractivity contribution is 5.85.